The molecule has 10 nitrogen and oxygen atoms in total. The molecule has 29 heavy (non-hydrogen) atoms. The van der Waals surface area contributed by atoms with Crippen LogP contribution in [0.4, 0.5) is 17.3 Å². The molecule has 1 aliphatic heterocycles. The molecule has 0 bridgehead atoms. The first-order valence-electron chi connectivity index (χ1n) is 8.46. The van der Waals surface area contributed by atoms with Gasteiger partial charge in [0.05, 0.1) is 6.21 Å². The average Bonchev–Trinajstić information content (AvgIpc) is 3.36. The maximum absolute atomic E-state index is 6.05. The van der Waals surface area contributed by atoms with Gasteiger partial charge in [0.25, 0.3) is 0 Å². The van der Waals surface area contributed by atoms with Gasteiger partial charge in [-0.3, -0.25) is 5.43 Å². The summed E-state index contributed by atoms with van der Waals surface area (Å²) in [5.41, 5.74) is 4.93. The molecule has 0 amide bonds. The Bertz CT molecular complexity index is 1230. The van der Waals surface area contributed by atoms with E-state index in [1.165, 1.54) is 0 Å². The molecule has 0 saturated heterocycles. The lowest BCUT2D eigenvalue weighted by molar-refractivity contribution is 0.174. The standard InChI is InChI=1S/C18H12ClN7O3/c19-11-2-1-3-12(7-11)21-15-16(23-18-17(22-15)25-29-26-18)24-20-8-10-4-5-13-14(6-10)28-9-27-13/h1-8H,9H2,(H,21,22,25)(H,23,24,26)/b20-8-. The van der Waals surface area contributed by atoms with E-state index in [0.29, 0.717) is 28.2 Å². The van der Waals surface area contributed by atoms with Crippen molar-refractivity contribution in [1.82, 2.24) is 20.3 Å². The number of nitrogens with one attached hydrogen (secondary N) is 2. The summed E-state index contributed by atoms with van der Waals surface area (Å²) in [4.78, 5) is 8.72. The first kappa shape index (κ1) is 17.2. The van der Waals surface area contributed by atoms with Crippen LogP contribution in [0.25, 0.3) is 11.3 Å². The molecule has 0 atom stereocenters. The molecule has 2 aromatic heterocycles. The van der Waals surface area contributed by atoms with Crippen LogP contribution in [0.2, 0.25) is 5.02 Å². The van der Waals surface area contributed by atoms with Crippen LogP contribution in [0, 0.1) is 0 Å². The number of hydrogen-bond donors (Lipinski definition) is 2. The predicted octanol–water partition coefficient (Wildman–Crippen LogP) is 3.58. The Morgan fingerprint density at radius 1 is 0.966 bits per heavy atom. The molecule has 2 aromatic carbocycles. The zero-order valence-corrected chi connectivity index (χ0v) is 15.4. The van der Waals surface area contributed by atoms with E-state index in [-0.39, 0.29) is 18.1 Å². The van der Waals surface area contributed by atoms with Crippen LogP contribution >= 0.6 is 11.6 Å². The van der Waals surface area contributed by atoms with Crippen LogP contribution in [-0.2, 0) is 0 Å². The number of rotatable bonds is 5. The van der Waals surface area contributed by atoms with Gasteiger partial charge in [0.1, 0.15) is 0 Å². The van der Waals surface area contributed by atoms with E-state index in [1.54, 1.807) is 18.3 Å². The number of aromatic nitrogens is 4. The summed E-state index contributed by atoms with van der Waals surface area (Å²) in [5.74, 6) is 2.11. The summed E-state index contributed by atoms with van der Waals surface area (Å²) in [6, 6.07) is 12.7. The van der Waals surface area contributed by atoms with Crippen molar-refractivity contribution in [2.24, 2.45) is 5.10 Å². The Kier molecular flexibility index (Phi) is 4.30. The number of hydrazone groups is 1. The van der Waals surface area contributed by atoms with Crippen LogP contribution in [-0.4, -0.2) is 33.3 Å². The van der Waals surface area contributed by atoms with Gasteiger partial charge in [0, 0.05) is 10.7 Å². The Labute approximate surface area is 168 Å². The number of hydrogen-bond acceptors (Lipinski definition) is 10. The third-order valence-corrected chi connectivity index (χ3v) is 4.22. The number of ether oxygens (including phenoxy) is 2. The highest BCUT2D eigenvalue weighted by atomic mass is 35.5. The van der Waals surface area contributed by atoms with Crippen molar-refractivity contribution < 1.29 is 14.1 Å². The first-order valence-corrected chi connectivity index (χ1v) is 8.84. The molecule has 3 heterocycles. The lowest BCUT2D eigenvalue weighted by Gasteiger charge is -2.09. The smallest absolute Gasteiger partial charge is 0.245 e. The topological polar surface area (TPSA) is 120 Å². The quantitative estimate of drug-likeness (QED) is 0.376. The van der Waals surface area contributed by atoms with E-state index in [4.69, 9.17) is 25.7 Å². The minimum atomic E-state index is 0.216. The van der Waals surface area contributed by atoms with Crippen molar-refractivity contribution in [1.29, 1.82) is 0 Å². The second-order valence-corrected chi connectivity index (χ2v) is 6.39. The number of fused-ring (bicyclic) bond motifs is 2. The molecule has 0 spiro atoms. The molecule has 11 heteroatoms. The zero-order chi connectivity index (χ0) is 19.6. The van der Waals surface area contributed by atoms with Crippen molar-refractivity contribution in [2.45, 2.75) is 0 Å². The number of nitrogens with zero attached hydrogens (tertiary/aromatic N) is 5. The van der Waals surface area contributed by atoms with Crippen molar-refractivity contribution in [2.75, 3.05) is 17.5 Å². The van der Waals surface area contributed by atoms with Crippen LogP contribution < -0.4 is 20.2 Å². The molecule has 4 aromatic rings. The maximum Gasteiger partial charge on any atom is 0.245 e. The molecule has 0 aliphatic carbocycles. The van der Waals surface area contributed by atoms with Crippen LogP contribution in [0.3, 0.4) is 0 Å². The van der Waals surface area contributed by atoms with Crippen molar-refractivity contribution in [3.8, 4) is 11.5 Å². The monoisotopic (exact) mass is 409 g/mol. The van der Waals surface area contributed by atoms with Crippen molar-refractivity contribution >= 4 is 46.4 Å². The molecule has 0 radical (unpaired) electrons. The fourth-order valence-electron chi connectivity index (χ4n) is 2.67. The van der Waals surface area contributed by atoms with Gasteiger partial charge >= 0.3 is 0 Å². The van der Waals surface area contributed by atoms with Gasteiger partial charge < -0.3 is 14.8 Å². The summed E-state index contributed by atoms with van der Waals surface area (Å²) in [6.07, 6.45) is 1.62. The molecule has 0 fully saturated rings. The molecular formula is C18H12ClN7O3. The highest BCUT2D eigenvalue weighted by Gasteiger charge is 2.14. The van der Waals surface area contributed by atoms with Crippen LogP contribution in [0.1, 0.15) is 5.56 Å². The molecule has 2 N–H and O–H groups in total. The van der Waals surface area contributed by atoms with E-state index in [1.807, 2.05) is 30.3 Å². The molecular weight excluding hydrogens is 398 g/mol. The van der Waals surface area contributed by atoms with Gasteiger partial charge in [0.15, 0.2) is 23.1 Å². The van der Waals surface area contributed by atoms with E-state index < -0.39 is 0 Å². The highest BCUT2D eigenvalue weighted by molar-refractivity contribution is 6.30. The average molecular weight is 410 g/mol. The fourth-order valence-corrected chi connectivity index (χ4v) is 2.86. The summed E-state index contributed by atoms with van der Waals surface area (Å²) >= 11 is 6.05. The lowest BCUT2D eigenvalue weighted by Crippen LogP contribution is -2.03. The second kappa shape index (κ2) is 7.24. The Morgan fingerprint density at radius 2 is 1.79 bits per heavy atom. The predicted molar refractivity (Wildman–Crippen MR) is 106 cm³/mol. The summed E-state index contributed by atoms with van der Waals surface area (Å²) in [5, 5.41) is 15.4. The third-order valence-electron chi connectivity index (χ3n) is 3.98. The number of benzene rings is 2. The number of anilines is 3. The Hall–Kier alpha value is -3.92. The summed E-state index contributed by atoms with van der Waals surface area (Å²) < 4.78 is 15.4. The van der Waals surface area contributed by atoms with Crippen molar-refractivity contribution in [3.63, 3.8) is 0 Å². The summed E-state index contributed by atoms with van der Waals surface area (Å²) in [6.45, 7) is 0.216. The largest absolute Gasteiger partial charge is 0.454 e. The SMILES string of the molecule is Clc1cccc(Nc2nc3nonc3nc2N/N=C\c2ccc3c(c2)OCO3)c1. The molecule has 144 valence electrons. The molecule has 0 unspecified atom stereocenters. The molecule has 0 saturated carbocycles. The van der Waals surface area contributed by atoms with Gasteiger partial charge in [-0.2, -0.15) is 10.1 Å². The van der Waals surface area contributed by atoms with Crippen molar-refractivity contribution in [3.05, 3.63) is 53.1 Å². The Morgan fingerprint density at radius 3 is 2.66 bits per heavy atom. The molecule has 1 aliphatic rings. The van der Waals surface area contributed by atoms with Gasteiger partial charge in [-0.1, -0.05) is 17.7 Å². The van der Waals surface area contributed by atoms with E-state index >= 15 is 0 Å². The number of halogens is 1. The normalized spacial score (nSPS) is 12.6. The maximum atomic E-state index is 6.05. The first-order chi connectivity index (χ1) is 14.2. The zero-order valence-electron chi connectivity index (χ0n) is 14.7. The lowest BCUT2D eigenvalue weighted by atomic mass is 10.2. The second-order valence-electron chi connectivity index (χ2n) is 5.95. The third kappa shape index (κ3) is 3.60. The van der Waals surface area contributed by atoms with Crippen LogP contribution in [0.15, 0.2) is 52.2 Å². The van der Waals surface area contributed by atoms with Gasteiger partial charge in [-0.05, 0) is 52.3 Å². The van der Waals surface area contributed by atoms with Gasteiger partial charge in [-0.15, -0.1) is 0 Å². The van der Waals surface area contributed by atoms with E-state index in [0.717, 1.165) is 11.3 Å². The van der Waals surface area contributed by atoms with Crippen LogP contribution in [0.5, 0.6) is 11.5 Å². The van der Waals surface area contributed by atoms with Gasteiger partial charge in [0.2, 0.25) is 18.1 Å². The minimum absolute atomic E-state index is 0.216. The van der Waals surface area contributed by atoms with E-state index in [9.17, 15) is 0 Å². The Balaban J connectivity index is 1.42. The molecule has 5 rings (SSSR count). The van der Waals surface area contributed by atoms with Gasteiger partial charge in [-0.25, -0.2) is 9.61 Å². The van der Waals surface area contributed by atoms with E-state index in [2.05, 4.69) is 36.1 Å². The fraction of sp³-hybridized carbons (Fsp3) is 0.0556. The highest BCUT2D eigenvalue weighted by Crippen LogP contribution is 2.32. The minimum Gasteiger partial charge on any atom is -0.454 e. The summed E-state index contributed by atoms with van der Waals surface area (Å²) in [7, 11) is 0.